The van der Waals surface area contributed by atoms with Crippen LogP contribution in [0.3, 0.4) is 0 Å². The van der Waals surface area contributed by atoms with E-state index in [1.54, 1.807) is 35.5 Å². The Kier molecular flexibility index (Phi) is 3.65. The maximum atomic E-state index is 12.9. The Bertz CT molecular complexity index is 1390. The summed E-state index contributed by atoms with van der Waals surface area (Å²) >= 11 is 0. The molecule has 0 unspecified atom stereocenters. The lowest BCUT2D eigenvalue weighted by Crippen LogP contribution is -2.21. The van der Waals surface area contributed by atoms with Crippen molar-refractivity contribution in [3.63, 3.8) is 0 Å². The van der Waals surface area contributed by atoms with Crippen LogP contribution in [0.1, 0.15) is 11.4 Å². The molecule has 0 aliphatic carbocycles. The van der Waals surface area contributed by atoms with Gasteiger partial charge in [-0.15, -0.1) is 5.10 Å². The van der Waals surface area contributed by atoms with Gasteiger partial charge in [0.2, 0.25) is 0 Å². The molecule has 0 atom stereocenters. The molecule has 0 saturated carbocycles. The summed E-state index contributed by atoms with van der Waals surface area (Å²) in [4.78, 5) is 24.7. The summed E-state index contributed by atoms with van der Waals surface area (Å²) in [7, 11) is 1.66. The monoisotopic (exact) mass is 374 g/mol. The van der Waals surface area contributed by atoms with E-state index < -0.39 is 0 Å². The number of aromatic nitrogens is 6. The molecule has 5 aromatic rings. The zero-order valence-electron chi connectivity index (χ0n) is 15.5. The summed E-state index contributed by atoms with van der Waals surface area (Å²) in [6.07, 6.45) is 6.08. The fourth-order valence-corrected chi connectivity index (χ4v) is 3.57. The van der Waals surface area contributed by atoms with E-state index in [1.165, 1.54) is 0 Å². The highest BCUT2D eigenvalue weighted by Gasteiger charge is 2.11. The summed E-state index contributed by atoms with van der Waals surface area (Å²) in [6, 6.07) is 7.82. The molecule has 4 heterocycles. The molecule has 0 radical (unpaired) electrons. The number of aromatic amines is 1. The first-order valence-electron chi connectivity index (χ1n) is 8.99. The van der Waals surface area contributed by atoms with E-state index in [1.807, 2.05) is 30.5 Å². The first kappa shape index (κ1) is 16.5. The standard InChI is InChI=1S/C20H18N6O2/c1-12-23-20-22-11-16-18(26(20)24-12)6-8-25(19(16)27)7-5-13-10-21-17-4-3-14(28-2)9-15(13)17/h3-4,6,8-11,21H,5,7H2,1-2H3. The maximum Gasteiger partial charge on any atom is 0.261 e. The fourth-order valence-electron chi connectivity index (χ4n) is 3.57. The molecule has 5 rings (SSSR count). The van der Waals surface area contributed by atoms with Crippen LogP contribution in [0.5, 0.6) is 5.75 Å². The van der Waals surface area contributed by atoms with Gasteiger partial charge in [0.05, 0.1) is 18.0 Å². The normalized spacial score (nSPS) is 11.6. The highest BCUT2D eigenvalue weighted by molar-refractivity contribution is 5.84. The zero-order chi connectivity index (χ0) is 19.3. The van der Waals surface area contributed by atoms with Gasteiger partial charge in [-0.2, -0.15) is 9.50 Å². The van der Waals surface area contributed by atoms with Gasteiger partial charge >= 0.3 is 0 Å². The molecule has 0 bridgehead atoms. The van der Waals surface area contributed by atoms with Gasteiger partial charge in [0.25, 0.3) is 11.3 Å². The van der Waals surface area contributed by atoms with Crippen LogP contribution >= 0.6 is 0 Å². The van der Waals surface area contributed by atoms with Crippen LogP contribution < -0.4 is 10.3 Å². The predicted octanol–water partition coefficient (Wildman–Crippen LogP) is 2.48. The smallest absolute Gasteiger partial charge is 0.261 e. The molecule has 1 aromatic carbocycles. The number of aryl methyl sites for hydroxylation is 3. The van der Waals surface area contributed by atoms with E-state index in [-0.39, 0.29) is 5.56 Å². The Morgan fingerprint density at radius 2 is 2.11 bits per heavy atom. The Labute approximate surface area is 159 Å². The molecule has 0 amide bonds. The molecule has 0 spiro atoms. The summed E-state index contributed by atoms with van der Waals surface area (Å²) in [5.74, 6) is 1.93. The van der Waals surface area contributed by atoms with Crippen LogP contribution in [0, 0.1) is 6.92 Å². The number of nitrogens with zero attached hydrogens (tertiary/aromatic N) is 5. The molecule has 8 nitrogen and oxygen atoms in total. The minimum absolute atomic E-state index is 0.0857. The van der Waals surface area contributed by atoms with E-state index >= 15 is 0 Å². The first-order valence-corrected chi connectivity index (χ1v) is 8.99. The van der Waals surface area contributed by atoms with Crippen molar-refractivity contribution >= 4 is 27.6 Å². The van der Waals surface area contributed by atoms with Crippen molar-refractivity contribution in [3.05, 3.63) is 64.6 Å². The third kappa shape index (κ3) is 2.53. The lowest BCUT2D eigenvalue weighted by atomic mass is 10.1. The van der Waals surface area contributed by atoms with E-state index in [9.17, 15) is 4.79 Å². The molecular formula is C20H18N6O2. The van der Waals surface area contributed by atoms with Crippen molar-refractivity contribution in [2.75, 3.05) is 7.11 Å². The molecular weight excluding hydrogens is 356 g/mol. The minimum Gasteiger partial charge on any atom is -0.497 e. The van der Waals surface area contributed by atoms with Crippen LogP contribution in [-0.2, 0) is 13.0 Å². The molecule has 140 valence electrons. The molecule has 8 heteroatoms. The third-order valence-corrected chi connectivity index (χ3v) is 5.01. The number of fused-ring (bicyclic) bond motifs is 4. The van der Waals surface area contributed by atoms with Crippen LogP contribution in [0.2, 0.25) is 0 Å². The number of H-pyrrole nitrogens is 1. The average Bonchev–Trinajstić information content (AvgIpc) is 3.29. The van der Waals surface area contributed by atoms with Gasteiger partial charge < -0.3 is 14.3 Å². The van der Waals surface area contributed by atoms with E-state index in [0.717, 1.165) is 28.6 Å². The van der Waals surface area contributed by atoms with Gasteiger partial charge in [0.1, 0.15) is 11.6 Å². The minimum atomic E-state index is -0.0857. The maximum absolute atomic E-state index is 12.9. The van der Waals surface area contributed by atoms with Crippen molar-refractivity contribution in [1.82, 2.24) is 29.1 Å². The van der Waals surface area contributed by atoms with Gasteiger partial charge in [-0.1, -0.05) is 0 Å². The second kappa shape index (κ2) is 6.19. The van der Waals surface area contributed by atoms with E-state index in [2.05, 4.69) is 20.1 Å². The quantitative estimate of drug-likeness (QED) is 0.522. The van der Waals surface area contributed by atoms with Crippen LogP contribution in [0.15, 0.2) is 47.7 Å². The van der Waals surface area contributed by atoms with Gasteiger partial charge in [-0.05, 0) is 43.2 Å². The number of rotatable bonds is 4. The third-order valence-electron chi connectivity index (χ3n) is 5.01. The Balaban J connectivity index is 1.51. The van der Waals surface area contributed by atoms with Crippen molar-refractivity contribution in [1.29, 1.82) is 0 Å². The number of pyridine rings is 1. The number of ether oxygens (including phenoxy) is 1. The molecule has 0 saturated heterocycles. The lowest BCUT2D eigenvalue weighted by molar-refractivity contribution is 0.415. The number of nitrogens with one attached hydrogen (secondary N) is 1. The Morgan fingerprint density at radius 3 is 2.96 bits per heavy atom. The van der Waals surface area contributed by atoms with Crippen molar-refractivity contribution < 1.29 is 4.74 Å². The molecule has 1 N–H and O–H groups in total. The lowest BCUT2D eigenvalue weighted by Gasteiger charge is -2.08. The van der Waals surface area contributed by atoms with E-state index in [0.29, 0.717) is 29.0 Å². The average molecular weight is 374 g/mol. The van der Waals surface area contributed by atoms with Crippen molar-refractivity contribution in [2.24, 2.45) is 0 Å². The summed E-state index contributed by atoms with van der Waals surface area (Å²) in [5.41, 5.74) is 2.82. The number of benzene rings is 1. The van der Waals surface area contributed by atoms with Crippen LogP contribution in [0.4, 0.5) is 0 Å². The second-order valence-corrected chi connectivity index (χ2v) is 6.72. The molecule has 0 aliphatic rings. The van der Waals surface area contributed by atoms with Gasteiger partial charge in [-0.3, -0.25) is 4.79 Å². The predicted molar refractivity (Wildman–Crippen MR) is 106 cm³/mol. The molecule has 0 aliphatic heterocycles. The van der Waals surface area contributed by atoms with Crippen LogP contribution in [0.25, 0.3) is 27.6 Å². The number of hydrogen-bond donors (Lipinski definition) is 1. The highest BCUT2D eigenvalue weighted by Crippen LogP contribution is 2.24. The van der Waals surface area contributed by atoms with Gasteiger partial charge in [0.15, 0.2) is 0 Å². The fraction of sp³-hybridized carbons (Fsp3) is 0.200. The summed E-state index contributed by atoms with van der Waals surface area (Å²) in [5, 5.41) is 5.96. The SMILES string of the molecule is COc1ccc2[nH]cc(CCn3ccc4c(cnc5nc(C)nn54)c3=O)c2c1. The van der Waals surface area contributed by atoms with Crippen LogP contribution in [-0.4, -0.2) is 36.2 Å². The Hall–Kier alpha value is -3.68. The largest absolute Gasteiger partial charge is 0.497 e. The van der Waals surface area contributed by atoms with Gasteiger partial charge in [0, 0.05) is 36.0 Å². The van der Waals surface area contributed by atoms with E-state index in [4.69, 9.17) is 4.74 Å². The van der Waals surface area contributed by atoms with Gasteiger partial charge in [-0.25, -0.2) is 4.98 Å². The molecule has 0 fully saturated rings. The highest BCUT2D eigenvalue weighted by atomic mass is 16.5. The Morgan fingerprint density at radius 1 is 1.21 bits per heavy atom. The number of hydrogen-bond acceptors (Lipinski definition) is 5. The summed E-state index contributed by atoms with van der Waals surface area (Å²) < 4.78 is 8.64. The number of methoxy groups -OCH3 is 1. The van der Waals surface area contributed by atoms with Crippen molar-refractivity contribution in [3.8, 4) is 5.75 Å². The summed E-state index contributed by atoms with van der Waals surface area (Å²) in [6.45, 7) is 2.37. The zero-order valence-corrected chi connectivity index (χ0v) is 15.5. The first-order chi connectivity index (χ1) is 13.6. The molecule has 28 heavy (non-hydrogen) atoms. The second-order valence-electron chi connectivity index (χ2n) is 6.72. The van der Waals surface area contributed by atoms with Crippen molar-refractivity contribution in [2.45, 2.75) is 19.9 Å². The topological polar surface area (TPSA) is 90.1 Å². The molecule has 4 aromatic heterocycles.